The van der Waals surface area contributed by atoms with E-state index in [0.717, 1.165) is 12.8 Å². The molecule has 1 aromatic rings. The van der Waals surface area contributed by atoms with E-state index >= 15 is 0 Å². The predicted molar refractivity (Wildman–Crippen MR) is 65.9 cm³/mol. The highest BCUT2D eigenvalue weighted by Crippen LogP contribution is 2.13. The van der Waals surface area contributed by atoms with E-state index < -0.39 is 5.97 Å². The lowest BCUT2D eigenvalue weighted by molar-refractivity contribution is -0.131. The molecule has 3 heteroatoms. The highest BCUT2D eigenvalue weighted by molar-refractivity contribution is 5.79. The van der Waals surface area contributed by atoms with Gasteiger partial charge in [-0.3, -0.25) is 0 Å². The molecular weight excluding hydrogens is 202 g/mol. The molecule has 0 aliphatic rings. The maximum absolute atomic E-state index is 10.2. The van der Waals surface area contributed by atoms with Gasteiger partial charge in [-0.05, 0) is 30.5 Å². The van der Waals surface area contributed by atoms with Crippen molar-refractivity contribution in [3.05, 3.63) is 42.0 Å². The summed E-state index contributed by atoms with van der Waals surface area (Å²) in [6.07, 6.45) is 4.50. The second-order valence-electron chi connectivity index (χ2n) is 3.84. The number of hydrogen-bond acceptors (Lipinski definition) is 2. The van der Waals surface area contributed by atoms with Crippen LogP contribution in [0.3, 0.4) is 0 Å². The van der Waals surface area contributed by atoms with Crippen LogP contribution in [0.5, 0.6) is 0 Å². The number of aliphatic carboxylic acids is 1. The van der Waals surface area contributed by atoms with E-state index in [9.17, 15) is 4.79 Å². The highest BCUT2D eigenvalue weighted by atomic mass is 16.4. The summed E-state index contributed by atoms with van der Waals surface area (Å²) < 4.78 is 0. The van der Waals surface area contributed by atoms with Gasteiger partial charge < -0.3 is 10.0 Å². The molecule has 0 spiro atoms. The van der Waals surface area contributed by atoms with Crippen LogP contribution in [0.25, 0.3) is 0 Å². The Hall–Kier alpha value is -1.77. The number of rotatable bonds is 5. The summed E-state index contributed by atoms with van der Waals surface area (Å²) in [6.45, 7) is 0. The number of aryl methyl sites for hydroxylation is 1. The van der Waals surface area contributed by atoms with Gasteiger partial charge in [0.05, 0.1) is 0 Å². The van der Waals surface area contributed by atoms with Gasteiger partial charge in [0.25, 0.3) is 0 Å². The summed E-state index contributed by atoms with van der Waals surface area (Å²) in [5.41, 5.74) is 2.39. The van der Waals surface area contributed by atoms with E-state index in [1.54, 1.807) is 6.08 Å². The summed E-state index contributed by atoms with van der Waals surface area (Å²) in [6, 6.07) is 8.28. The molecule has 0 bridgehead atoms. The van der Waals surface area contributed by atoms with Crippen molar-refractivity contribution < 1.29 is 9.90 Å². The van der Waals surface area contributed by atoms with Crippen LogP contribution in [-0.2, 0) is 11.2 Å². The van der Waals surface area contributed by atoms with Crippen molar-refractivity contribution in [3.63, 3.8) is 0 Å². The van der Waals surface area contributed by atoms with E-state index in [-0.39, 0.29) is 0 Å². The van der Waals surface area contributed by atoms with Crippen molar-refractivity contribution in [2.24, 2.45) is 0 Å². The van der Waals surface area contributed by atoms with Gasteiger partial charge in [0.1, 0.15) is 0 Å². The molecule has 0 fully saturated rings. The standard InChI is InChI=1S/C13H17NO2/c1-14(2)12-9-7-11(8-10-12)5-3-4-6-13(15)16/h4,6-10H,3,5H2,1-2H3,(H,15,16)/b6-4+. The molecule has 0 unspecified atom stereocenters. The zero-order valence-electron chi connectivity index (χ0n) is 9.68. The maximum atomic E-state index is 10.2. The molecule has 1 aromatic carbocycles. The molecule has 0 heterocycles. The van der Waals surface area contributed by atoms with Crippen molar-refractivity contribution in [2.75, 3.05) is 19.0 Å². The minimum absolute atomic E-state index is 0.758. The Morgan fingerprint density at radius 2 is 1.94 bits per heavy atom. The van der Waals surface area contributed by atoms with E-state index in [2.05, 4.69) is 24.3 Å². The van der Waals surface area contributed by atoms with Crippen LogP contribution < -0.4 is 4.90 Å². The smallest absolute Gasteiger partial charge is 0.327 e. The van der Waals surface area contributed by atoms with Gasteiger partial charge in [0.15, 0.2) is 0 Å². The number of carbonyl (C=O) groups is 1. The Morgan fingerprint density at radius 1 is 1.31 bits per heavy atom. The molecule has 3 nitrogen and oxygen atoms in total. The Morgan fingerprint density at radius 3 is 2.44 bits per heavy atom. The van der Waals surface area contributed by atoms with Gasteiger partial charge in [0.2, 0.25) is 0 Å². The lowest BCUT2D eigenvalue weighted by Gasteiger charge is -2.12. The summed E-state index contributed by atoms with van der Waals surface area (Å²) in [4.78, 5) is 12.3. The predicted octanol–water partition coefficient (Wildman–Crippen LogP) is 2.33. The minimum Gasteiger partial charge on any atom is -0.478 e. The maximum Gasteiger partial charge on any atom is 0.327 e. The fourth-order valence-electron chi connectivity index (χ4n) is 1.39. The summed E-state index contributed by atoms with van der Waals surface area (Å²) in [5, 5.41) is 8.42. The molecule has 0 saturated heterocycles. The topological polar surface area (TPSA) is 40.5 Å². The quantitative estimate of drug-likeness (QED) is 0.773. The molecular formula is C13H17NO2. The van der Waals surface area contributed by atoms with Crippen LogP contribution in [0.1, 0.15) is 12.0 Å². The van der Waals surface area contributed by atoms with Gasteiger partial charge in [-0.1, -0.05) is 18.2 Å². The van der Waals surface area contributed by atoms with Crippen molar-refractivity contribution in [1.82, 2.24) is 0 Å². The van der Waals surface area contributed by atoms with E-state index in [1.165, 1.54) is 17.3 Å². The molecule has 0 aliphatic heterocycles. The zero-order chi connectivity index (χ0) is 12.0. The molecule has 0 aliphatic carbocycles. The molecule has 0 amide bonds. The first-order valence-corrected chi connectivity index (χ1v) is 5.25. The van der Waals surface area contributed by atoms with E-state index in [4.69, 9.17) is 5.11 Å². The van der Waals surface area contributed by atoms with E-state index in [1.807, 2.05) is 19.0 Å². The number of anilines is 1. The number of allylic oxidation sites excluding steroid dienone is 1. The van der Waals surface area contributed by atoms with Crippen molar-refractivity contribution in [3.8, 4) is 0 Å². The summed E-state index contributed by atoms with van der Waals surface area (Å²) in [5.74, 6) is -0.886. The van der Waals surface area contributed by atoms with Crippen LogP contribution in [0.4, 0.5) is 5.69 Å². The normalized spacial score (nSPS) is 10.6. The third-order valence-electron chi connectivity index (χ3n) is 2.31. The fourth-order valence-corrected chi connectivity index (χ4v) is 1.39. The van der Waals surface area contributed by atoms with Crippen molar-refractivity contribution >= 4 is 11.7 Å². The average molecular weight is 219 g/mol. The highest BCUT2D eigenvalue weighted by Gasteiger charge is 1.95. The molecule has 0 atom stereocenters. The first kappa shape index (κ1) is 12.3. The first-order chi connectivity index (χ1) is 7.59. The van der Waals surface area contributed by atoms with Crippen LogP contribution >= 0.6 is 0 Å². The second kappa shape index (κ2) is 5.95. The summed E-state index contributed by atoms with van der Waals surface area (Å²) in [7, 11) is 4.01. The largest absolute Gasteiger partial charge is 0.478 e. The second-order valence-corrected chi connectivity index (χ2v) is 3.84. The lowest BCUT2D eigenvalue weighted by atomic mass is 10.1. The number of hydrogen-bond donors (Lipinski definition) is 1. The van der Waals surface area contributed by atoms with Crippen LogP contribution in [0.2, 0.25) is 0 Å². The van der Waals surface area contributed by atoms with Crippen molar-refractivity contribution in [2.45, 2.75) is 12.8 Å². The number of nitrogens with zero attached hydrogens (tertiary/aromatic N) is 1. The Labute approximate surface area is 96.0 Å². The zero-order valence-corrected chi connectivity index (χ0v) is 9.68. The SMILES string of the molecule is CN(C)c1ccc(CC/C=C/C(=O)O)cc1. The van der Waals surface area contributed by atoms with Gasteiger partial charge in [-0.15, -0.1) is 0 Å². The molecule has 16 heavy (non-hydrogen) atoms. The number of carboxylic acids is 1. The molecule has 86 valence electrons. The van der Waals surface area contributed by atoms with Crippen LogP contribution in [0, 0.1) is 0 Å². The molecule has 1 N–H and O–H groups in total. The van der Waals surface area contributed by atoms with Gasteiger partial charge in [-0.25, -0.2) is 4.79 Å². The molecule has 1 rings (SSSR count). The number of carboxylic acid groups (broad SMARTS) is 1. The summed E-state index contributed by atoms with van der Waals surface area (Å²) >= 11 is 0. The minimum atomic E-state index is -0.886. The Kier molecular flexibility index (Phi) is 4.58. The van der Waals surface area contributed by atoms with Crippen LogP contribution in [-0.4, -0.2) is 25.2 Å². The monoisotopic (exact) mass is 219 g/mol. The van der Waals surface area contributed by atoms with Gasteiger partial charge >= 0.3 is 5.97 Å². The Bertz CT molecular complexity index is 366. The van der Waals surface area contributed by atoms with E-state index in [0.29, 0.717) is 0 Å². The number of benzene rings is 1. The third-order valence-corrected chi connectivity index (χ3v) is 2.31. The lowest BCUT2D eigenvalue weighted by Crippen LogP contribution is -2.08. The molecule has 0 aromatic heterocycles. The third kappa shape index (κ3) is 4.17. The molecule has 0 radical (unpaired) electrons. The average Bonchev–Trinajstić information content (AvgIpc) is 2.25. The van der Waals surface area contributed by atoms with Crippen LogP contribution in [0.15, 0.2) is 36.4 Å². The first-order valence-electron chi connectivity index (χ1n) is 5.25. The van der Waals surface area contributed by atoms with Gasteiger partial charge in [-0.2, -0.15) is 0 Å². The Balaban J connectivity index is 2.46. The molecule has 0 saturated carbocycles. The van der Waals surface area contributed by atoms with Crippen molar-refractivity contribution in [1.29, 1.82) is 0 Å². The fraction of sp³-hybridized carbons (Fsp3) is 0.308. The van der Waals surface area contributed by atoms with Gasteiger partial charge in [0, 0.05) is 25.9 Å².